The minimum Gasteiger partial charge on any atom is -0.480 e. The van der Waals surface area contributed by atoms with E-state index >= 15 is 0 Å². The highest BCUT2D eigenvalue weighted by atomic mass is 79.9. The molecule has 1 heterocycles. The van der Waals surface area contributed by atoms with Crippen LogP contribution in [0.3, 0.4) is 0 Å². The van der Waals surface area contributed by atoms with Crippen molar-refractivity contribution in [2.75, 3.05) is 6.54 Å². The zero-order valence-electron chi connectivity index (χ0n) is 10.6. The second-order valence-corrected chi connectivity index (χ2v) is 7.58. The zero-order valence-corrected chi connectivity index (χ0v) is 13.0. The number of aliphatic carboxylic acids is 1. The Kier molecular flexibility index (Phi) is 3.92. The molecule has 8 heteroatoms. The van der Waals surface area contributed by atoms with E-state index in [9.17, 15) is 22.7 Å². The molecule has 1 unspecified atom stereocenters. The molecule has 1 aliphatic rings. The molecule has 110 valence electrons. The van der Waals surface area contributed by atoms with E-state index in [1.165, 1.54) is 13.0 Å². The summed E-state index contributed by atoms with van der Waals surface area (Å²) in [5, 5.41) is 9.26. The Bertz CT molecular complexity index is 663. The predicted octanol–water partition coefficient (Wildman–Crippen LogP) is 2.22. The molecule has 1 aliphatic heterocycles. The Morgan fingerprint density at radius 2 is 2.15 bits per heavy atom. The molecule has 2 rings (SSSR count). The van der Waals surface area contributed by atoms with Crippen LogP contribution in [-0.2, 0) is 14.8 Å². The lowest BCUT2D eigenvalue weighted by molar-refractivity contribution is -0.146. The highest BCUT2D eigenvalue weighted by molar-refractivity contribution is 9.10. The molecule has 0 amide bonds. The van der Waals surface area contributed by atoms with Crippen molar-refractivity contribution in [2.45, 2.75) is 30.2 Å². The van der Waals surface area contributed by atoms with E-state index in [4.69, 9.17) is 0 Å². The van der Waals surface area contributed by atoms with Crippen molar-refractivity contribution >= 4 is 31.9 Å². The summed E-state index contributed by atoms with van der Waals surface area (Å²) < 4.78 is 40.1. The lowest BCUT2D eigenvalue weighted by Crippen LogP contribution is -2.50. The van der Waals surface area contributed by atoms with Crippen LogP contribution in [-0.4, -0.2) is 35.9 Å². The maximum absolute atomic E-state index is 13.9. The maximum Gasteiger partial charge on any atom is 0.324 e. The monoisotopic (exact) mass is 365 g/mol. The van der Waals surface area contributed by atoms with Gasteiger partial charge in [0.2, 0.25) is 10.0 Å². The van der Waals surface area contributed by atoms with Gasteiger partial charge in [0.1, 0.15) is 16.3 Å². The van der Waals surface area contributed by atoms with Gasteiger partial charge in [-0.15, -0.1) is 0 Å². The van der Waals surface area contributed by atoms with Gasteiger partial charge >= 0.3 is 5.97 Å². The van der Waals surface area contributed by atoms with Gasteiger partial charge in [0.15, 0.2) is 0 Å². The largest absolute Gasteiger partial charge is 0.480 e. The number of hydrogen-bond acceptors (Lipinski definition) is 3. The van der Waals surface area contributed by atoms with Crippen LogP contribution in [0.2, 0.25) is 0 Å². The number of carbonyl (C=O) groups is 1. The van der Waals surface area contributed by atoms with Crippen molar-refractivity contribution in [2.24, 2.45) is 0 Å². The van der Waals surface area contributed by atoms with E-state index < -0.39 is 32.2 Å². The van der Waals surface area contributed by atoms with Crippen molar-refractivity contribution in [1.29, 1.82) is 0 Å². The van der Waals surface area contributed by atoms with Crippen molar-refractivity contribution in [3.8, 4) is 0 Å². The minimum atomic E-state index is -4.18. The van der Waals surface area contributed by atoms with E-state index in [1.54, 1.807) is 0 Å². The molecule has 1 aromatic carbocycles. The molecule has 0 aliphatic carbocycles. The average Bonchev–Trinajstić information content (AvgIpc) is 2.73. The van der Waals surface area contributed by atoms with Crippen LogP contribution in [0.15, 0.2) is 27.6 Å². The Balaban J connectivity index is 2.53. The number of halogens is 2. The summed E-state index contributed by atoms with van der Waals surface area (Å²) >= 11 is 3.05. The lowest BCUT2D eigenvalue weighted by atomic mass is 10.0. The molecule has 1 saturated heterocycles. The van der Waals surface area contributed by atoms with Crippen molar-refractivity contribution in [3.63, 3.8) is 0 Å². The van der Waals surface area contributed by atoms with Crippen LogP contribution in [0.25, 0.3) is 0 Å². The lowest BCUT2D eigenvalue weighted by Gasteiger charge is -2.30. The first-order valence-corrected chi connectivity index (χ1v) is 8.14. The first kappa shape index (κ1) is 15.4. The van der Waals surface area contributed by atoms with Crippen molar-refractivity contribution in [3.05, 3.63) is 28.5 Å². The molecule has 0 spiro atoms. The van der Waals surface area contributed by atoms with Gasteiger partial charge in [-0.25, -0.2) is 12.8 Å². The van der Waals surface area contributed by atoms with E-state index in [0.717, 1.165) is 16.4 Å². The van der Waals surface area contributed by atoms with Gasteiger partial charge in [-0.1, -0.05) is 15.9 Å². The van der Waals surface area contributed by atoms with Gasteiger partial charge in [0.25, 0.3) is 0 Å². The summed E-state index contributed by atoms with van der Waals surface area (Å²) in [5.74, 6) is -2.13. The fraction of sp³-hybridized carbons (Fsp3) is 0.417. The number of carboxylic acids is 1. The summed E-state index contributed by atoms with van der Waals surface area (Å²) in [6, 6.07) is 3.58. The van der Waals surface area contributed by atoms with E-state index in [2.05, 4.69) is 15.9 Å². The summed E-state index contributed by atoms with van der Waals surface area (Å²) in [6.07, 6.45) is 0.639. The first-order chi connectivity index (χ1) is 9.19. The second kappa shape index (κ2) is 5.09. The van der Waals surface area contributed by atoms with Gasteiger partial charge in [0.05, 0.1) is 0 Å². The highest BCUT2D eigenvalue weighted by Gasteiger charge is 2.50. The molecule has 1 atom stereocenters. The smallest absolute Gasteiger partial charge is 0.324 e. The summed E-state index contributed by atoms with van der Waals surface area (Å²) in [4.78, 5) is 10.8. The molecule has 0 radical (unpaired) electrons. The number of nitrogens with zero attached hydrogens (tertiary/aromatic N) is 1. The van der Waals surface area contributed by atoms with Gasteiger partial charge in [0, 0.05) is 11.0 Å². The third-order valence-corrected chi connectivity index (χ3v) is 6.04. The number of rotatable bonds is 3. The Hall–Kier alpha value is -0.990. The highest BCUT2D eigenvalue weighted by Crippen LogP contribution is 2.35. The fourth-order valence-electron chi connectivity index (χ4n) is 2.34. The number of sulfonamides is 1. The minimum absolute atomic E-state index is 0.0701. The van der Waals surface area contributed by atoms with E-state index in [1.807, 2.05) is 0 Å². The molecule has 20 heavy (non-hydrogen) atoms. The fourth-order valence-corrected chi connectivity index (χ4v) is 4.53. The van der Waals surface area contributed by atoms with Crippen LogP contribution in [0.5, 0.6) is 0 Å². The molecule has 5 nitrogen and oxygen atoms in total. The van der Waals surface area contributed by atoms with E-state index in [0.29, 0.717) is 10.9 Å². The maximum atomic E-state index is 13.9. The van der Waals surface area contributed by atoms with Gasteiger partial charge in [-0.2, -0.15) is 4.31 Å². The molecular weight excluding hydrogens is 353 g/mol. The van der Waals surface area contributed by atoms with Crippen LogP contribution < -0.4 is 0 Å². The van der Waals surface area contributed by atoms with E-state index in [-0.39, 0.29) is 13.0 Å². The third kappa shape index (κ3) is 2.36. The van der Waals surface area contributed by atoms with Crippen molar-refractivity contribution < 1.29 is 22.7 Å². The molecule has 1 fully saturated rings. The number of benzene rings is 1. The molecule has 0 aromatic heterocycles. The quantitative estimate of drug-likeness (QED) is 0.890. The number of hydrogen-bond donors (Lipinski definition) is 1. The molecule has 1 N–H and O–H groups in total. The Labute approximate surface area is 124 Å². The summed E-state index contributed by atoms with van der Waals surface area (Å²) in [7, 11) is -4.18. The predicted molar refractivity (Wildman–Crippen MR) is 73.3 cm³/mol. The molecular formula is C12H13BrFNO4S. The number of carboxylic acid groups (broad SMARTS) is 1. The summed E-state index contributed by atoms with van der Waals surface area (Å²) in [5.41, 5.74) is -1.53. The Morgan fingerprint density at radius 1 is 1.50 bits per heavy atom. The van der Waals surface area contributed by atoms with Crippen LogP contribution in [0, 0.1) is 5.82 Å². The van der Waals surface area contributed by atoms with Gasteiger partial charge < -0.3 is 5.11 Å². The zero-order chi connectivity index (χ0) is 15.1. The topological polar surface area (TPSA) is 74.7 Å². The second-order valence-electron chi connectivity index (χ2n) is 4.83. The molecule has 1 aromatic rings. The average molecular weight is 366 g/mol. The first-order valence-electron chi connectivity index (χ1n) is 5.91. The van der Waals surface area contributed by atoms with Crippen LogP contribution >= 0.6 is 15.9 Å². The third-order valence-electron chi connectivity index (χ3n) is 3.50. The molecule has 0 bridgehead atoms. The summed E-state index contributed by atoms with van der Waals surface area (Å²) in [6.45, 7) is 1.41. The van der Waals surface area contributed by atoms with Crippen LogP contribution in [0.1, 0.15) is 19.8 Å². The van der Waals surface area contributed by atoms with Gasteiger partial charge in [-0.05, 0) is 38.0 Å². The SMILES string of the molecule is CC1(C(=O)O)CCCN1S(=O)(=O)c1ccc(Br)cc1F. The van der Waals surface area contributed by atoms with Gasteiger partial charge in [-0.3, -0.25) is 4.79 Å². The normalized spacial score (nSPS) is 23.9. The van der Waals surface area contributed by atoms with Crippen LogP contribution in [0.4, 0.5) is 4.39 Å². The molecule has 0 saturated carbocycles. The van der Waals surface area contributed by atoms with Crippen molar-refractivity contribution in [1.82, 2.24) is 4.31 Å². The Morgan fingerprint density at radius 3 is 2.70 bits per heavy atom. The standard InChI is InChI=1S/C12H13BrFNO4S/c1-12(11(16)17)5-2-6-15(12)20(18,19)10-4-3-8(13)7-9(10)14/h3-4,7H,2,5-6H2,1H3,(H,16,17).